The zero-order chi connectivity index (χ0) is 21.7. The molecule has 0 aliphatic carbocycles. The van der Waals surface area contributed by atoms with Crippen LogP contribution in [0.3, 0.4) is 0 Å². The van der Waals surface area contributed by atoms with E-state index in [0.717, 1.165) is 17.7 Å². The van der Waals surface area contributed by atoms with Gasteiger partial charge in [-0.3, -0.25) is 0 Å². The van der Waals surface area contributed by atoms with Crippen LogP contribution >= 0.6 is 0 Å². The van der Waals surface area contributed by atoms with E-state index in [9.17, 15) is 18.0 Å². The second-order valence-electron chi connectivity index (χ2n) is 7.00. The Morgan fingerprint density at radius 3 is 2.47 bits per heavy atom. The maximum atomic E-state index is 13.2. The summed E-state index contributed by atoms with van der Waals surface area (Å²) in [5.74, 6) is 0. The van der Waals surface area contributed by atoms with Gasteiger partial charge in [0, 0.05) is 18.9 Å². The highest BCUT2D eigenvalue weighted by Gasteiger charge is 2.31. The SMILES string of the molecule is CN(C)CC(NC(=O)Nc1cc(C(F)(F)F)ccc1-n1cccn1)c1ccccc1. The monoisotopic (exact) mass is 417 g/mol. The highest BCUT2D eigenvalue weighted by Crippen LogP contribution is 2.33. The van der Waals surface area contributed by atoms with E-state index in [-0.39, 0.29) is 11.7 Å². The van der Waals surface area contributed by atoms with Gasteiger partial charge in [0.2, 0.25) is 0 Å². The Labute approximate surface area is 172 Å². The van der Waals surface area contributed by atoms with Crippen molar-refractivity contribution in [1.82, 2.24) is 20.0 Å². The van der Waals surface area contributed by atoms with Crippen molar-refractivity contribution in [2.24, 2.45) is 0 Å². The molecular weight excluding hydrogens is 395 g/mol. The maximum absolute atomic E-state index is 13.2. The molecule has 1 aromatic heterocycles. The Hall–Kier alpha value is -3.33. The van der Waals surface area contributed by atoms with Crippen LogP contribution in [-0.2, 0) is 6.18 Å². The molecule has 158 valence electrons. The van der Waals surface area contributed by atoms with Crippen LogP contribution in [0.25, 0.3) is 5.69 Å². The summed E-state index contributed by atoms with van der Waals surface area (Å²) < 4.78 is 41.0. The molecule has 0 saturated heterocycles. The van der Waals surface area contributed by atoms with Crippen LogP contribution in [0.4, 0.5) is 23.7 Å². The second-order valence-corrected chi connectivity index (χ2v) is 7.00. The van der Waals surface area contributed by atoms with Gasteiger partial charge in [-0.05, 0) is 43.9 Å². The standard InChI is InChI=1S/C21H22F3N5O/c1-28(2)14-18(15-7-4-3-5-8-15)27-20(30)26-17-13-16(21(22,23)24)9-10-19(17)29-12-6-11-25-29/h3-13,18H,14H2,1-2H3,(H2,26,27,30). The number of carbonyl (C=O) groups excluding carboxylic acids is 1. The largest absolute Gasteiger partial charge is 0.416 e. The fourth-order valence-electron chi connectivity index (χ4n) is 3.03. The minimum atomic E-state index is -4.53. The number of aromatic nitrogens is 2. The topological polar surface area (TPSA) is 62.2 Å². The van der Waals surface area contributed by atoms with E-state index < -0.39 is 17.8 Å². The Balaban J connectivity index is 1.87. The number of urea groups is 1. The molecule has 0 bridgehead atoms. The van der Waals surface area contributed by atoms with Crippen molar-refractivity contribution in [3.05, 3.63) is 78.1 Å². The predicted molar refractivity (Wildman–Crippen MR) is 108 cm³/mol. The third kappa shape index (κ3) is 5.38. The molecule has 1 heterocycles. The Kier molecular flexibility index (Phi) is 6.41. The van der Waals surface area contributed by atoms with Crippen LogP contribution in [0.1, 0.15) is 17.2 Å². The zero-order valence-corrected chi connectivity index (χ0v) is 16.5. The lowest BCUT2D eigenvalue weighted by Gasteiger charge is -2.23. The van der Waals surface area contributed by atoms with E-state index in [0.29, 0.717) is 12.2 Å². The van der Waals surface area contributed by atoms with Gasteiger partial charge in [-0.1, -0.05) is 30.3 Å². The fraction of sp³-hybridized carbons (Fsp3) is 0.238. The number of likely N-dealkylation sites (N-methyl/N-ethyl adjacent to an activating group) is 1. The summed E-state index contributed by atoms with van der Waals surface area (Å²) in [7, 11) is 3.75. The quantitative estimate of drug-likeness (QED) is 0.628. The molecule has 0 saturated carbocycles. The number of hydrogen-bond donors (Lipinski definition) is 2. The number of hydrogen-bond acceptors (Lipinski definition) is 3. The van der Waals surface area contributed by atoms with Crippen LogP contribution in [0, 0.1) is 0 Å². The summed E-state index contributed by atoms with van der Waals surface area (Å²) in [5.41, 5.74) is 0.356. The molecule has 30 heavy (non-hydrogen) atoms. The number of amides is 2. The van der Waals surface area contributed by atoms with Crippen LogP contribution < -0.4 is 10.6 Å². The lowest BCUT2D eigenvalue weighted by Crippen LogP contribution is -2.38. The van der Waals surface area contributed by atoms with Gasteiger partial charge >= 0.3 is 12.2 Å². The molecule has 1 unspecified atom stereocenters. The number of benzene rings is 2. The number of alkyl halides is 3. The fourth-order valence-corrected chi connectivity index (χ4v) is 3.03. The summed E-state index contributed by atoms with van der Waals surface area (Å²) in [6.07, 6.45) is -1.44. The second kappa shape index (κ2) is 9.00. The molecule has 6 nitrogen and oxygen atoms in total. The first kappa shape index (κ1) is 21.4. The molecule has 0 spiro atoms. The average Bonchev–Trinajstić information content (AvgIpc) is 3.21. The van der Waals surface area contributed by atoms with Gasteiger partial charge in [0.1, 0.15) is 0 Å². The number of nitrogens with zero attached hydrogens (tertiary/aromatic N) is 3. The summed E-state index contributed by atoms with van der Waals surface area (Å²) in [5, 5.41) is 9.45. The van der Waals surface area contributed by atoms with Crippen molar-refractivity contribution in [2.45, 2.75) is 12.2 Å². The number of carbonyl (C=O) groups is 1. The molecule has 3 aromatic rings. The Morgan fingerprint density at radius 1 is 1.13 bits per heavy atom. The summed E-state index contributed by atoms with van der Waals surface area (Å²) in [6, 6.07) is 13.2. The van der Waals surface area contributed by atoms with E-state index in [4.69, 9.17) is 0 Å². The molecular formula is C21H22F3N5O. The molecule has 2 N–H and O–H groups in total. The molecule has 0 aliphatic heterocycles. The maximum Gasteiger partial charge on any atom is 0.416 e. The first-order valence-corrected chi connectivity index (χ1v) is 9.22. The van der Waals surface area contributed by atoms with E-state index >= 15 is 0 Å². The number of anilines is 1. The van der Waals surface area contributed by atoms with Gasteiger partial charge < -0.3 is 15.5 Å². The first-order chi connectivity index (χ1) is 14.2. The number of halogens is 3. The van der Waals surface area contributed by atoms with Gasteiger partial charge in [0.15, 0.2) is 0 Å². The minimum absolute atomic E-state index is 0.00249. The summed E-state index contributed by atoms with van der Waals surface area (Å²) in [6.45, 7) is 0.520. The molecule has 1 atom stereocenters. The van der Waals surface area contributed by atoms with Crippen molar-refractivity contribution in [1.29, 1.82) is 0 Å². The Bertz CT molecular complexity index is 972. The first-order valence-electron chi connectivity index (χ1n) is 9.22. The highest BCUT2D eigenvalue weighted by atomic mass is 19.4. The summed E-state index contributed by atoms with van der Waals surface area (Å²) >= 11 is 0. The van der Waals surface area contributed by atoms with Gasteiger partial charge in [-0.2, -0.15) is 18.3 Å². The lowest BCUT2D eigenvalue weighted by molar-refractivity contribution is -0.137. The number of rotatable bonds is 6. The third-order valence-electron chi connectivity index (χ3n) is 4.38. The van der Waals surface area contributed by atoms with Gasteiger partial charge in [-0.15, -0.1) is 0 Å². The molecule has 3 rings (SSSR count). The van der Waals surface area contributed by atoms with Crippen molar-refractivity contribution in [3.63, 3.8) is 0 Å². The minimum Gasteiger partial charge on any atom is -0.330 e. The van der Waals surface area contributed by atoms with E-state index in [1.165, 1.54) is 16.9 Å². The third-order valence-corrected chi connectivity index (χ3v) is 4.38. The van der Waals surface area contributed by atoms with Crippen LogP contribution in [0.5, 0.6) is 0 Å². The van der Waals surface area contributed by atoms with Crippen LogP contribution in [-0.4, -0.2) is 41.4 Å². The van der Waals surface area contributed by atoms with Gasteiger partial charge in [0.25, 0.3) is 0 Å². The van der Waals surface area contributed by atoms with Crippen molar-refractivity contribution >= 4 is 11.7 Å². The van der Waals surface area contributed by atoms with E-state index in [1.807, 2.05) is 49.3 Å². The van der Waals surface area contributed by atoms with Crippen molar-refractivity contribution in [2.75, 3.05) is 26.0 Å². The zero-order valence-electron chi connectivity index (χ0n) is 16.5. The number of nitrogens with one attached hydrogen (secondary N) is 2. The van der Waals surface area contributed by atoms with Crippen molar-refractivity contribution in [3.8, 4) is 5.69 Å². The highest BCUT2D eigenvalue weighted by molar-refractivity contribution is 5.92. The molecule has 2 aromatic carbocycles. The van der Waals surface area contributed by atoms with Crippen LogP contribution in [0.2, 0.25) is 0 Å². The van der Waals surface area contributed by atoms with Crippen LogP contribution in [0.15, 0.2) is 67.0 Å². The van der Waals surface area contributed by atoms with E-state index in [1.54, 1.807) is 12.3 Å². The smallest absolute Gasteiger partial charge is 0.330 e. The van der Waals surface area contributed by atoms with E-state index in [2.05, 4.69) is 15.7 Å². The molecule has 2 amide bonds. The normalized spacial score (nSPS) is 12.6. The molecule has 0 fully saturated rings. The molecule has 9 heteroatoms. The predicted octanol–water partition coefficient (Wildman–Crippen LogP) is 4.32. The van der Waals surface area contributed by atoms with Gasteiger partial charge in [0.05, 0.1) is 23.0 Å². The molecule has 0 radical (unpaired) electrons. The van der Waals surface area contributed by atoms with Gasteiger partial charge in [-0.25, -0.2) is 9.48 Å². The molecule has 0 aliphatic rings. The summed E-state index contributed by atoms with van der Waals surface area (Å²) in [4.78, 5) is 14.6. The van der Waals surface area contributed by atoms with Crippen molar-refractivity contribution < 1.29 is 18.0 Å². The Morgan fingerprint density at radius 2 is 1.87 bits per heavy atom. The average molecular weight is 417 g/mol. The lowest BCUT2D eigenvalue weighted by atomic mass is 10.1.